The second-order valence-electron chi connectivity index (χ2n) is 18.6. The van der Waals surface area contributed by atoms with Crippen LogP contribution in [0.15, 0.2) is 48.6 Å². The van der Waals surface area contributed by atoms with Gasteiger partial charge < -0.3 is 20.1 Å². The number of pyridine rings is 1. The molecule has 0 spiro atoms. The van der Waals surface area contributed by atoms with Crippen LogP contribution in [-0.4, -0.2) is 99.7 Å². The molecule has 8 heterocycles. The number of rotatable bonds is 8. The number of fused-ring (bicyclic) bond motifs is 8. The van der Waals surface area contributed by atoms with Crippen LogP contribution in [0.1, 0.15) is 72.8 Å². The van der Waals surface area contributed by atoms with Crippen LogP contribution in [-0.2, 0) is 0 Å². The number of thiophene rings is 1. The third kappa shape index (κ3) is 6.17. The minimum absolute atomic E-state index is 0.0843. The van der Waals surface area contributed by atoms with Gasteiger partial charge in [0.05, 0.1) is 57.1 Å². The zero-order valence-corrected chi connectivity index (χ0v) is 36.9. The van der Waals surface area contributed by atoms with Crippen LogP contribution in [0, 0.1) is 17.3 Å². The van der Waals surface area contributed by atoms with Gasteiger partial charge in [-0.25, -0.2) is 8.78 Å². The highest BCUT2D eigenvalue weighted by Crippen LogP contribution is 2.48. The summed E-state index contributed by atoms with van der Waals surface area (Å²) in [7, 11) is -2.22. The summed E-state index contributed by atoms with van der Waals surface area (Å²) in [6, 6.07) is 7.71. The normalized spacial score (nSPS) is 24.0. The van der Waals surface area contributed by atoms with Gasteiger partial charge in [-0.05, 0) is 78.0 Å². The molecule has 4 fully saturated rings. The van der Waals surface area contributed by atoms with Gasteiger partial charge in [-0.3, -0.25) is 15.0 Å². The Labute approximate surface area is 353 Å². The molecule has 10 rings (SSSR count). The fourth-order valence-corrected chi connectivity index (χ4v) is 17.9. The van der Waals surface area contributed by atoms with Crippen molar-refractivity contribution in [3.8, 4) is 28.7 Å². The summed E-state index contributed by atoms with van der Waals surface area (Å²) in [5.74, 6) is 3.90. The zero-order chi connectivity index (χ0) is 41.7. The van der Waals surface area contributed by atoms with Crippen LogP contribution in [0.3, 0.4) is 0 Å². The second-order valence-corrected chi connectivity index (χ2v) is 25.1. The molecule has 4 saturated heterocycles. The number of aliphatic hydroxyl groups excluding tert-OH is 1. The van der Waals surface area contributed by atoms with Crippen LogP contribution in [0.25, 0.3) is 53.2 Å². The summed E-state index contributed by atoms with van der Waals surface area (Å²) in [5, 5.41) is 26.3. The molecule has 60 heavy (non-hydrogen) atoms. The molecule has 0 saturated carbocycles. The minimum Gasteiger partial charge on any atom is -0.461 e. The van der Waals surface area contributed by atoms with E-state index in [1.54, 1.807) is 6.20 Å². The molecule has 10 nitrogen and oxygen atoms in total. The van der Waals surface area contributed by atoms with Crippen LogP contribution < -0.4 is 15.0 Å². The van der Waals surface area contributed by atoms with Gasteiger partial charge >= 0.3 is 6.01 Å². The summed E-state index contributed by atoms with van der Waals surface area (Å²) >= 11 is 1.52. The van der Waals surface area contributed by atoms with Crippen molar-refractivity contribution in [3.63, 3.8) is 0 Å². The van der Waals surface area contributed by atoms with Gasteiger partial charge in [-0.2, -0.15) is 15.1 Å². The molecule has 4 atom stereocenters. The summed E-state index contributed by atoms with van der Waals surface area (Å²) in [4.78, 5) is 20.7. The maximum Gasteiger partial charge on any atom is 0.319 e. The van der Waals surface area contributed by atoms with Crippen molar-refractivity contribution in [3.05, 3.63) is 59.9 Å². The number of aromatic nitrogens is 5. The fourth-order valence-electron chi connectivity index (χ4n) is 11.5. The molecule has 0 radical (unpaired) electrons. The highest BCUT2D eigenvalue weighted by Gasteiger charge is 2.48. The van der Waals surface area contributed by atoms with Crippen molar-refractivity contribution in [2.24, 2.45) is 0 Å². The average Bonchev–Trinajstić information content (AvgIpc) is 4.04. The van der Waals surface area contributed by atoms with Crippen LogP contribution >= 0.6 is 11.3 Å². The van der Waals surface area contributed by atoms with Gasteiger partial charge in [0.25, 0.3) is 0 Å². The predicted octanol–water partition coefficient (Wildman–Crippen LogP) is 9.03. The first-order valence-corrected chi connectivity index (χ1v) is 24.5. The van der Waals surface area contributed by atoms with Crippen molar-refractivity contribution >= 4 is 67.2 Å². The zero-order valence-electron chi connectivity index (χ0n) is 35.1. The lowest BCUT2D eigenvalue weighted by Crippen LogP contribution is -2.53. The number of ether oxygens (including phenoxy) is 1. The maximum absolute atomic E-state index is 16.5. The first-order valence-electron chi connectivity index (χ1n) is 21.5. The molecule has 14 heteroatoms. The van der Waals surface area contributed by atoms with Gasteiger partial charge in [0.1, 0.15) is 31.1 Å². The lowest BCUT2D eigenvalue weighted by molar-refractivity contribution is 0.108. The number of nitrogens with zero attached hydrogens (tertiary/aromatic N) is 6. The number of halogens is 2. The summed E-state index contributed by atoms with van der Waals surface area (Å²) in [6.07, 6.45) is 7.20. The Bertz CT molecular complexity index is 2750. The van der Waals surface area contributed by atoms with E-state index in [2.05, 4.69) is 78.3 Å². The quantitative estimate of drug-likeness (QED) is 0.102. The van der Waals surface area contributed by atoms with Crippen molar-refractivity contribution in [1.29, 1.82) is 0 Å². The number of hydrogen-bond donors (Lipinski definition) is 3. The Hall–Kier alpha value is -4.52. The molecule has 0 aliphatic carbocycles. The van der Waals surface area contributed by atoms with Crippen molar-refractivity contribution in [2.45, 2.75) is 108 Å². The van der Waals surface area contributed by atoms with E-state index in [9.17, 15) is 9.50 Å². The van der Waals surface area contributed by atoms with Crippen LogP contribution in [0.5, 0.6) is 6.01 Å². The van der Waals surface area contributed by atoms with E-state index in [0.29, 0.717) is 67.0 Å². The summed E-state index contributed by atoms with van der Waals surface area (Å²) in [6.45, 7) is 16.8. The number of anilines is 1. The number of hydrogen-bond acceptors (Lipinski definition) is 10. The van der Waals surface area contributed by atoms with Gasteiger partial charge in [0.2, 0.25) is 0 Å². The average molecular weight is 847 g/mol. The molecule has 4 aromatic heterocycles. The molecule has 4 aliphatic heterocycles. The lowest BCUT2D eigenvalue weighted by atomic mass is 9.93. The van der Waals surface area contributed by atoms with Crippen LogP contribution in [0.4, 0.5) is 14.6 Å². The van der Waals surface area contributed by atoms with E-state index < -0.39 is 14.2 Å². The van der Waals surface area contributed by atoms with Crippen molar-refractivity contribution in [2.75, 3.05) is 37.7 Å². The molecule has 2 aromatic carbocycles. The maximum atomic E-state index is 16.5. The third-order valence-corrected chi connectivity index (χ3v) is 21.7. The third-order valence-electron chi connectivity index (χ3n) is 14.3. The minimum atomic E-state index is -2.22. The van der Waals surface area contributed by atoms with E-state index >= 15 is 4.39 Å². The van der Waals surface area contributed by atoms with Crippen molar-refractivity contribution in [1.82, 2.24) is 35.4 Å². The van der Waals surface area contributed by atoms with Crippen LogP contribution in [0.2, 0.25) is 16.6 Å². The Kier molecular flexibility index (Phi) is 9.79. The Balaban J connectivity index is 1.18. The van der Waals surface area contributed by atoms with Gasteiger partial charge in [0.15, 0.2) is 0 Å². The molecular formula is C46H52F2N8O2SSi. The standard InChI is InChI=1S/C46H52F2N8O2SSi/c1-25(2)60(26(3)4,27(5)6)15-11-31-34(48)9-8-29-16-35-33(20-50-54-35)39(38(29)31)41-42-32(10-13-49-41)40-43(55-22-30-17-37(57)36(23-55)51-30)52-45(53-44(40)59-42)58-24-46-12-7-14-56(46)21-28(18-46)19-47/h8-10,13,16,19-20,25-27,30,36-37,51,57H,7,12,14,17-18,21-24H2,1-6H3,(H,50,54)/b28-19-/t30-,36-,37-,46-/m0/s1. The predicted molar refractivity (Wildman–Crippen MR) is 240 cm³/mol. The fraction of sp³-hybridized carbons (Fsp3) is 0.478. The molecule has 3 N–H and O–H groups in total. The monoisotopic (exact) mass is 846 g/mol. The van der Waals surface area contributed by atoms with Crippen molar-refractivity contribution < 1.29 is 18.6 Å². The molecule has 4 aliphatic rings. The molecular weight excluding hydrogens is 795 g/mol. The molecule has 0 amide bonds. The van der Waals surface area contributed by atoms with E-state index in [0.717, 1.165) is 84.6 Å². The van der Waals surface area contributed by atoms with E-state index in [4.69, 9.17) is 19.7 Å². The number of nitrogens with one attached hydrogen (secondary N) is 2. The molecule has 2 bridgehead atoms. The first-order chi connectivity index (χ1) is 28.9. The Morgan fingerprint density at radius 3 is 2.67 bits per heavy atom. The van der Waals surface area contributed by atoms with Gasteiger partial charge in [-0.1, -0.05) is 53.5 Å². The van der Waals surface area contributed by atoms with E-state index in [-0.39, 0.29) is 29.5 Å². The number of aliphatic hydroxyl groups is 1. The number of aromatic amines is 1. The number of H-pyrrole nitrogens is 1. The smallest absolute Gasteiger partial charge is 0.319 e. The van der Waals surface area contributed by atoms with Gasteiger partial charge in [0, 0.05) is 53.6 Å². The summed E-state index contributed by atoms with van der Waals surface area (Å²) in [5.41, 5.74) is 8.14. The van der Waals surface area contributed by atoms with Gasteiger partial charge in [-0.15, -0.1) is 16.9 Å². The SMILES string of the molecule is CC(C)[Si](C#Cc1c(F)ccc2cc3[nH]ncc3c(-c3nccc4c3sc3nc(OC[C@@]56CCCN5C/C(=C\F)C6)nc(N5C[C@@H]6C[C@H](O)[C@H](C5)N6)c34)c12)(C(C)C)C(C)C. The molecule has 6 aromatic rings. The molecule has 312 valence electrons. The number of piperazine rings is 1. The first kappa shape index (κ1) is 39.6. The van der Waals surface area contributed by atoms with E-state index in [1.807, 2.05) is 24.4 Å². The lowest BCUT2D eigenvalue weighted by Gasteiger charge is -2.38. The number of benzene rings is 2. The summed E-state index contributed by atoms with van der Waals surface area (Å²) < 4.78 is 37.7. The Morgan fingerprint density at radius 2 is 1.90 bits per heavy atom. The Morgan fingerprint density at radius 1 is 1.08 bits per heavy atom. The van der Waals surface area contributed by atoms with E-state index in [1.165, 1.54) is 17.4 Å². The topological polar surface area (TPSA) is 115 Å². The largest absolute Gasteiger partial charge is 0.461 e. The highest BCUT2D eigenvalue weighted by atomic mass is 32.1. The second kappa shape index (κ2) is 14.8. The molecule has 0 unspecified atom stereocenters. The highest BCUT2D eigenvalue weighted by molar-refractivity contribution is 7.26.